The normalized spacial score (nSPS) is 10.4. The van der Waals surface area contributed by atoms with E-state index in [9.17, 15) is 4.91 Å². The van der Waals surface area contributed by atoms with E-state index < -0.39 is 0 Å². The van der Waals surface area contributed by atoms with Gasteiger partial charge in [0, 0.05) is 0 Å². The van der Waals surface area contributed by atoms with Crippen LogP contribution in [-0.2, 0) is 0 Å². The second-order valence-corrected chi connectivity index (χ2v) is 6.22. The third-order valence-corrected chi connectivity index (χ3v) is 4.52. The average Bonchev–Trinajstić information content (AvgIpc) is 2.76. The van der Waals surface area contributed by atoms with Gasteiger partial charge >= 0.3 is 0 Å². The van der Waals surface area contributed by atoms with Crippen molar-refractivity contribution < 1.29 is 0 Å². The number of nitrogens with zero attached hydrogens (tertiary/aromatic N) is 2. The summed E-state index contributed by atoms with van der Waals surface area (Å²) in [5.74, 6) is 0. The summed E-state index contributed by atoms with van der Waals surface area (Å²) in [5, 5.41) is 4.62. The standard InChI is InChI=1S/C24H18N2O/c27-25-26(23-15-11-21(12-16-23)19-7-3-1-4-8-19)24-17-13-22(14-18-24)20-9-5-2-6-10-20/h1-18H. The van der Waals surface area contributed by atoms with E-state index in [0.29, 0.717) is 0 Å². The maximum Gasteiger partial charge on any atom is 0.0685 e. The van der Waals surface area contributed by atoms with E-state index in [2.05, 4.69) is 29.6 Å². The Balaban J connectivity index is 1.59. The second kappa shape index (κ2) is 7.67. The summed E-state index contributed by atoms with van der Waals surface area (Å²) in [5.41, 5.74) is 5.95. The zero-order valence-corrected chi connectivity index (χ0v) is 14.7. The first-order chi connectivity index (χ1) is 13.3. The van der Waals surface area contributed by atoms with Gasteiger partial charge in [-0.15, -0.1) is 4.91 Å². The van der Waals surface area contributed by atoms with Crippen LogP contribution in [0.15, 0.2) is 114 Å². The fraction of sp³-hybridized carbons (Fsp3) is 0. The lowest BCUT2D eigenvalue weighted by Gasteiger charge is -2.16. The molecule has 4 aromatic rings. The Hall–Kier alpha value is -3.72. The molecule has 0 bridgehead atoms. The molecule has 0 heterocycles. The number of hydrogen-bond acceptors (Lipinski definition) is 2. The Bertz CT molecular complexity index is 928. The first kappa shape index (κ1) is 16.7. The lowest BCUT2D eigenvalue weighted by molar-refractivity contribution is 1.07. The van der Waals surface area contributed by atoms with E-state index in [1.54, 1.807) is 0 Å². The van der Waals surface area contributed by atoms with Gasteiger partial charge in [-0.2, -0.15) is 5.01 Å². The molecular weight excluding hydrogens is 332 g/mol. The summed E-state index contributed by atoms with van der Waals surface area (Å²) in [6.45, 7) is 0. The largest absolute Gasteiger partial charge is 0.197 e. The van der Waals surface area contributed by atoms with Crippen LogP contribution in [0.4, 0.5) is 11.4 Å². The van der Waals surface area contributed by atoms with Gasteiger partial charge in [-0.25, -0.2) is 0 Å². The summed E-state index contributed by atoms with van der Waals surface area (Å²) < 4.78 is 0. The van der Waals surface area contributed by atoms with Gasteiger partial charge in [-0.1, -0.05) is 84.9 Å². The maximum absolute atomic E-state index is 11.5. The molecule has 0 aliphatic rings. The highest BCUT2D eigenvalue weighted by atomic mass is 16.3. The average molecular weight is 350 g/mol. The SMILES string of the molecule is O=NN(c1ccc(-c2ccccc2)cc1)c1ccc(-c2ccccc2)cc1. The molecule has 27 heavy (non-hydrogen) atoms. The number of nitroso groups, excluding NO2 is 1. The van der Waals surface area contributed by atoms with Gasteiger partial charge < -0.3 is 0 Å². The summed E-state index contributed by atoms with van der Waals surface area (Å²) in [6.07, 6.45) is 0. The Morgan fingerprint density at radius 1 is 0.444 bits per heavy atom. The van der Waals surface area contributed by atoms with E-state index in [1.165, 1.54) is 5.01 Å². The summed E-state index contributed by atoms with van der Waals surface area (Å²) in [4.78, 5) is 11.5. The van der Waals surface area contributed by atoms with Crippen molar-refractivity contribution in [3.8, 4) is 22.3 Å². The molecule has 4 aromatic carbocycles. The van der Waals surface area contributed by atoms with Gasteiger partial charge in [-0.3, -0.25) is 0 Å². The van der Waals surface area contributed by atoms with Crippen LogP contribution in [-0.4, -0.2) is 0 Å². The first-order valence-corrected chi connectivity index (χ1v) is 8.79. The van der Waals surface area contributed by atoms with Crippen LogP contribution >= 0.6 is 0 Å². The lowest BCUT2D eigenvalue weighted by Crippen LogP contribution is -2.07. The number of rotatable bonds is 5. The van der Waals surface area contributed by atoms with E-state index in [1.807, 2.05) is 84.9 Å². The molecule has 3 heteroatoms. The molecule has 4 rings (SSSR count). The number of hydrogen-bond donors (Lipinski definition) is 0. The molecular formula is C24H18N2O. The lowest BCUT2D eigenvalue weighted by atomic mass is 10.0. The molecule has 3 nitrogen and oxygen atoms in total. The molecule has 0 fully saturated rings. The van der Waals surface area contributed by atoms with Crippen molar-refractivity contribution >= 4 is 11.4 Å². The Morgan fingerprint density at radius 3 is 1.11 bits per heavy atom. The van der Waals surface area contributed by atoms with Gasteiger partial charge in [0.25, 0.3) is 0 Å². The van der Waals surface area contributed by atoms with Crippen molar-refractivity contribution in [2.75, 3.05) is 5.01 Å². The zero-order valence-electron chi connectivity index (χ0n) is 14.7. The minimum Gasteiger partial charge on any atom is -0.197 e. The predicted molar refractivity (Wildman–Crippen MR) is 112 cm³/mol. The van der Waals surface area contributed by atoms with E-state index >= 15 is 0 Å². The van der Waals surface area contributed by atoms with Crippen molar-refractivity contribution in [1.82, 2.24) is 0 Å². The first-order valence-electron chi connectivity index (χ1n) is 8.79. The Morgan fingerprint density at radius 2 is 0.778 bits per heavy atom. The maximum atomic E-state index is 11.5. The Labute approximate surface area is 158 Å². The predicted octanol–water partition coefficient (Wildman–Crippen LogP) is 6.84. The highest BCUT2D eigenvalue weighted by Gasteiger charge is 2.10. The molecule has 0 N–H and O–H groups in total. The topological polar surface area (TPSA) is 32.7 Å². The minimum absolute atomic E-state index is 0.733. The van der Waals surface area contributed by atoms with Crippen molar-refractivity contribution in [3.63, 3.8) is 0 Å². The monoisotopic (exact) mass is 350 g/mol. The van der Waals surface area contributed by atoms with Gasteiger partial charge in [0.05, 0.1) is 16.7 Å². The zero-order chi connectivity index (χ0) is 18.5. The van der Waals surface area contributed by atoms with Gasteiger partial charge in [0.2, 0.25) is 0 Å². The van der Waals surface area contributed by atoms with Crippen LogP contribution in [0, 0.1) is 4.91 Å². The smallest absolute Gasteiger partial charge is 0.0685 e. The molecule has 0 aliphatic carbocycles. The van der Waals surface area contributed by atoms with Gasteiger partial charge in [0.1, 0.15) is 0 Å². The number of benzene rings is 4. The van der Waals surface area contributed by atoms with Crippen LogP contribution in [0.1, 0.15) is 0 Å². The van der Waals surface area contributed by atoms with E-state index in [4.69, 9.17) is 0 Å². The molecule has 0 aromatic heterocycles. The summed E-state index contributed by atoms with van der Waals surface area (Å²) in [6, 6.07) is 35.9. The van der Waals surface area contributed by atoms with Crippen LogP contribution in [0.3, 0.4) is 0 Å². The fourth-order valence-electron chi connectivity index (χ4n) is 3.09. The Kier molecular flexibility index (Phi) is 4.75. The van der Waals surface area contributed by atoms with E-state index in [0.717, 1.165) is 33.6 Å². The van der Waals surface area contributed by atoms with Gasteiger partial charge in [0.15, 0.2) is 0 Å². The van der Waals surface area contributed by atoms with Crippen molar-refractivity contribution in [1.29, 1.82) is 0 Å². The molecule has 0 radical (unpaired) electrons. The van der Waals surface area contributed by atoms with Crippen LogP contribution in [0.2, 0.25) is 0 Å². The molecule has 0 saturated carbocycles. The third-order valence-electron chi connectivity index (χ3n) is 4.52. The van der Waals surface area contributed by atoms with Crippen LogP contribution in [0.25, 0.3) is 22.3 Å². The molecule has 0 saturated heterocycles. The van der Waals surface area contributed by atoms with Crippen molar-refractivity contribution in [3.05, 3.63) is 114 Å². The quantitative estimate of drug-likeness (QED) is 0.291. The van der Waals surface area contributed by atoms with Crippen LogP contribution < -0.4 is 5.01 Å². The highest BCUT2D eigenvalue weighted by Crippen LogP contribution is 2.30. The highest BCUT2D eigenvalue weighted by molar-refractivity contribution is 5.71. The molecule has 0 spiro atoms. The fourth-order valence-corrected chi connectivity index (χ4v) is 3.09. The minimum atomic E-state index is 0.733. The number of anilines is 2. The summed E-state index contributed by atoms with van der Waals surface area (Å²) >= 11 is 0. The molecule has 0 atom stereocenters. The van der Waals surface area contributed by atoms with Crippen molar-refractivity contribution in [2.45, 2.75) is 0 Å². The molecule has 130 valence electrons. The molecule has 0 aliphatic heterocycles. The summed E-state index contributed by atoms with van der Waals surface area (Å²) in [7, 11) is 0. The van der Waals surface area contributed by atoms with Crippen LogP contribution in [0.5, 0.6) is 0 Å². The third kappa shape index (κ3) is 3.62. The van der Waals surface area contributed by atoms with Crippen molar-refractivity contribution in [2.24, 2.45) is 5.29 Å². The molecule has 0 unspecified atom stereocenters. The van der Waals surface area contributed by atoms with Gasteiger partial charge in [-0.05, 0) is 46.5 Å². The second-order valence-electron chi connectivity index (χ2n) is 6.22. The molecule has 0 amide bonds. The van der Waals surface area contributed by atoms with E-state index in [-0.39, 0.29) is 0 Å².